The molecule has 1 aromatic heterocycles. The van der Waals surface area contributed by atoms with Crippen molar-refractivity contribution in [3.8, 4) is 0 Å². The van der Waals surface area contributed by atoms with Crippen LogP contribution in [-0.4, -0.2) is 21.7 Å². The number of hydrogen-bond acceptors (Lipinski definition) is 7. The summed E-state index contributed by atoms with van der Waals surface area (Å²) in [6.07, 6.45) is 0. The van der Waals surface area contributed by atoms with E-state index in [1.54, 1.807) is 18.2 Å². The summed E-state index contributed by atoms with van der Waals surface area (Å²) < 4.78 is 0. The molecule has 0 bridgehead atoms. The van der Waals surface area contributed by atoms with E-state index in [9.17, 15) is 10.1 Å². The van der Waals surface area contributed by atoms with Crippen LogP contribution in [0.4, 0.5) is 10.8 Å². The SMILES string of the molecule is CCNc1nnc(CSc2ccccc2[N+](=O)[O-])s1. The fraction of sp³-hybridized carbons (Fsp3) is 0.273. The van der Waals surface area contributed by atoms with Gasteiger partial charge >= 0.3 is 0 Å². The highest BCUT2D eigenvalue weighted by molar-refractivity contribution is 7.98. The molecule has 2 aromatic rings. The Morgan fingerprint density at radius 3 is 2.95 bits per heavy atom. The molecule has 0 aliphatic carbocycles. The zero-order chi connectivity index (χ0) is 13.7. The molecule has 1 heterocycles. The number of nitro benzene ring substituents is 1. The van der Waals surface area contributed by atoms with Gasteiger partial charge in [0.25, 0.3) is 5.69 Å². The lowest BCUT2D eigenvalue weighted by Gasteiger charge is -2.00. The molecule has 8 heteroatoms. The second kappa shape index (κ2) is 6.48. The first kappa shape index (κ1) is 13.8. The summed E-state index contributed by atoms with van der Waals surface area (Å²) in [5, 5.41) is 23.6. The van der Waals surface area contributed by atoms with E-state index in [1.165, 1.54) is 29.2 Å². The molecule has 0 amide bonds. The van der Waals surface area contributed by atoms with Crippen molar-refractivity contribution in [3.63, 3.8) is 0 Å². The summed E-state index contributed by atoms with van der Waals surface area (Å²) in [6.45, 7) is 2.79. The average molecular weight is 296 g/mol. The highest BCUT2D eigenvalue weighted by Gasteiger charge is 2.13. The third-order valence-electron chi connectivity index (χ3n) is 2.21. The number of rotatable bonds is 6. The van der Waals surface area contributed by atoms with E-state index in [4.69, 9.17) is 0 Å². The number of anilines is 1. The Hall–Kier alpha value is -1.67. The van der Waals surface area contributed by atoms with Crippen LogP contribution in [-0.2, 0) is 5.75 Å². The van der Waals surface area contributed by atoms with Crippen molar-refractivity contribution in [1.29, 1.82) is 0 Å². The third-order valence-corrected chi connectivity index (χ3v) is 4.35. The Morgan fingerprint density at radius 2 is 2.21 bits per heavy atom. The summed E-state index contributed by atoms with van der Waals surface area (Å²) in [4.78, 5) is 11.2. The zero-order valence-corrected chi connectivity index (χ0v) is 11.8. The van der Waals surface area contributed by atoms with Crippen LogP contribution < -0.4 is 5.32 Å². The molecule has 0 atom stereocenters. The molecule has 0 saturated carbocycles. The minimum atomic E-state index is -0.369. The maximum Gasteiger partial charge on any atom is 0.282 e. The lowest BCUT2D eigenvalue weighted by Crippen LogP contribution is -1.94. The van der Waals surface area contributed by atoms with Gasteiger partial charge in [-0.05, 0) is 13.0 Å². The minimum absolute atomic E-state index is 0.129. The van der Waals surface area contributed by atoms with Crippen molar-refractivity contribution >= 4 is 33.9 Å². The predicted octanol–water partition coefficient (Wildman–Crippen LogP) is 3.17. The van der Waals surface area contributed by atoms with Gasteiger partial charge in [0.15, 0.2) is 0 Å². The first-order chi connectivity index (χ1) is 9.20. The zero-order valence-electron chi connectivity index (χ0n) is 10.2. The molecule has 1 aromatic carbocycles. The van der Waals surface area contributed by atoms with Gasteiger partial charge in [-0.1, -0.05) is 23.5 Å². The van der Waals surface area contributed by atoms with Crippen molar-refractivity contribution in [1.82, 2.24) is 10.2 Å². The third kappa shape index (κ3) is 3.65. The number of nitro groups is 1. The van der Waals surface area contributed by atoms with Gasteiger partial charge in [-0.2, -0.15) is 0 Å². The molecule has 0 aliphatic rings. The molecule has 0 spiro atoms. The first-order valence-electron chi connectivity index (χ1n) is 5.63. The lowest BCUT2D eigenvalue weighted by atomic mass is 10.3. The summed E-state index contributed by atoms with van der Waals surface area (Å²) in [5.41, 5.74) is 0.129. The van der Waals surface area contributed by atoms with E-state index < -0.39 is 0 Å². The second-order valence-electron chi connectivity index (χ2n) is 3.54. The van der Waals surface area contributed by atoms with Crippen LogP contribution in [0.2, 0.25) is 0 Å². The van der Waals surface area contributed by atoms with Crippen molar-refractivity contribution < 1.29 is 4.92 Å². The van der Waals surface area contributed by atoms with Gasteiger partial charge in [-0.15, -0.1) is 22.0 Å². The van der Waals surface area contributed by atoms with Crippen molar-refractivity contribution in [3.05, 3.63) is 39.4 Å². The number of para-hydroxylation sites is 1. The van der Waals surface area contributed by atoms with Crippen LogP contribution in [0.25, 0.3) is 0 Å². The molecule has 0 radical (unpaired) electrons. The summed E-state index contributed by atoms with van der Waals surface area (Å²) in [7, 11) is 0. The van der Waals surface area contributed by atoms with E-state index in [-0.39, 0.29) is 10.6 Å². The molecule has 19 heavy (non-hydrogen) atoms. The number of hydrogen-bond donors (Lipinski definition) is 1. The van der Waals surface area contributed by atoms with Crippen LogP contribution in [0.3, 0.4) is 0 Å². The minimum Gasteiger partial charge on any atom is -0.360 e. The second-order valence-corrected chi connectivity index (χ2v) is 5.62. The van der Waals surface area contributed by atoms with E-state index in [2.05, 4.69) is 15.5 Å². The number of aromatic nitrogens is 2. The Bertz CT molecular complexity index is 573. The normalized spacial score (nSPS) is 10.4. The van der Waals surface area contributed by atoms with E-state index in [1.807, 2.05) is 6.92 Å². The first-order valence-corrected chi connectivity index (χ1v) is 7.43. The maximum atomic E-state index is 10.9. The van der Waals surface area contributed by atoms with Crippen LogP contribution in [0, 0.1) is 10.1 Å². The summed E-state index contributed by atoms with van der Waals surface area (Å²) >= 11 is 2.87. The molecule has 6 nitrogen and oxygen atoms in total. The van der Waals surface area contributed by atoms with Gasteiger partial charge in [-0.25, -0.2) is 0 Å². The van der Waals surface area contributed by atoms with Crippen molar-refractivity contribution in [2.24, 2.45) is 0 Å². The Morgan fingerprint density at radius 1 is 1.42 bits per heavy atom. The smallest absolute Gasteiger partial charge is 0.282 e. The largest absolute Gasteiger partial charge is 0.360 e. The Kier molecular flexibility index (Phi) is 4.69. The quantitative estimate of drug-likeness (QED) is 0.501. The van der Waals surface area contributed by atoms with Gasteiger partial charge in [0.2, 0.25) is 5.13 Å². The molecule has 0 saturated heterocycles. The topological polar surface area (TPSA) is 81.0 Å². The van der Waals surface area contributed by atoms with Gasteiger partial charge in [0.1, 0.15) is 5.01 Å². The number of nitrogens with one attached hydrogen (secondary N) is 1. The van der Waals surface area contributed by atoms with Crippen LogP contribution in [0.1, 0.15) is 11.9 Å². The molecular formula is C11H12N4O2S2. The van der Waals surface area contributed by atoms with Gasteiger partial charge < -0.3 is 5.32 Å². The molecule has 0 fully saturated rings. The fourth-order valence-electron chi connectivity index (χ4n) is 1.40. The van der Waals surface area contributed by atoms with Crippen LogP contribution >= 0.6 is 23.1 Å². The Balaban J connectivity index is 2.03. The number of nitrogens with zero attached hydrogens (tertiary/aromatic N) is 3. The van der Waals surface area contributed by atoms with Crippen molar-refractivity contribution in [2.75, 3.05) is 11.9 Å². The molecular weight excluding hydrogens is 284 g/mol. The van der Waals surface area contributed by atoms with E-state index in [0.29, 0.717) is 10.6 Å². The molecule has 0 aliphatic heterocycles. The molecule has 100 valence electrons. The maximum absolute atomic E-state index is 10.9. The van der Waals surface area contributed by atoms with E-state index >= 15 is 0 Å². The monoisotopic (exact) mass is 296 g/mol. The van der Waals surface area contributed by atoms with Crippen molar-refractivity contribution in [2.45, 2.75) is 17.6 Å². The summed E-state index contributed by atoms with van der Waals surface area (Å²) in [6, 6.07) is 6.71. The highest BCUT2D eigenvalue weighted by atomic mass is 32.2. The van der Waals surface area contributed by atoms with Gasteiger partial charge in [-0.3, -0.25) is 10.1 Å². The number of benzene rings is 1. The Labute approximate surface area is 118 Å². The average Bonchev–Trinajstić information content (AvgIpc) is 2.85. The van der Waals surface area contributed by atoms with Crippen LogP contribution in [0.5, 0.6) is 0 Å². The fourth-order valence-corrected chi connectivity index (χ4v) is 3.22. The molecule has 2 rings (SSSR count). The highest BCUT2D eigenvalue weighted by Crippen LogP contribution is 2.32. The summed E-state index contributed by atoms with van der Waals surface area (Å²) in [5.74, 6) is 0.577. The molecule has 1 N–H and O–H groups in total. The van der Waals surface area contributed by atoms with E-state index in [0.717, 1.165) is 16.7 Å². The van der Waals surface area contributed by atoms with Gasteiger partial charge in [0.05, 0.1) is 15.6 Å². The standard InChI is InChI=1S/C11H12N4O2S2/c1-2-12-11-14-13-10(19-11)7-18-9-6-4-3-5-8(9)15(16)17/h3-6H,2,7H2,1H3,(H,12,14). The predicted molar refractivity (Wildman–Crippen MR) is 76.7 cm³/mol. The lowest BCUT2D eigenvalue weighted by molar-refractivity contribution is -0.387. The van der Waals surface area contributed by atoms with Gasteiger partial charge in [0, 0.05) is 12.6 Å². The van der Waals surface area contributed by atoms with Crippen LogP contribution in [0.15, 0.2) is 29.2 Å². The molecule has 0 unspecified atom stereocenters. The number of thioether (sulfide) groups is 1.